The molecule has 1 atom stereocenters. The van der Waals surface area contributed by atoms with Crippen LogP contribution in [0.3, 0.4) is 0 Å². The fourth-order valence-corrected chi connectivity index (χ4v) is 1.67. The van der Waals surface area contributed by atoms with Crippen molar-refractivity contribution < 1.29 is 9.53 Å². The zero-order valence-corrected chi connectivity index (χ0v) is 9.71. The first-order chi connectivity index (χ1) is 7.20. The fourth-order valence-electron chi connectivity index (χ4n) is 1.67. The minimum atomic E-state index is 0.0119. The van der Waals surface area contributed by atoms with Crippen LogP contribution in [0.1, 0.15) is 33.1 Å². The highest BCUT2D eigenvalue weighted by Gasteiger charge is 2.19. The molecule has 88 valence electrons. The Balaban J connectivity index is 2.07. The zero-order valence-electron chi connectivity index (χ0n) is 9.71. The van der Waals surface area contributed by atoms with E-state index in [9.17, 15) is 4.79 Å². The Labute approximate surface area is 91.8 Å². The van der Waals surface area contributed by atoms with Gasteiger partial charge in [0.15, 0.2) is 0 Å². The van der Waals surface area contributed by atoms with Crippen molar-refractivity contribution in [2.45, 2.75) is 45.3 Å². The molecular formula is C11H22N2O2. The van der Waals surface area contributed by atoms with Gasteiger partial charge in [-0.15, -0.1) is 0 Å². The van der Waals surface area contributed by atoms with Crippen molar-refractivity contribution in [1.29, 1.82) is 0 Å². The summed E-state index contributed by atoms with van der Waals surface area (Å²) in [7, 11) is 0. The number of hydrogen-bond acceptors (Lipinski definition) is 3. The lowest BCUT2D eigenvalue weighted by Crippen LogP contribution is -2.47. The normalized spacial score (nSPS) is 21.7. The van der Waals surface area contributed by atoms with Gasteiger partial charge in [-0.25, -0.2) is 0 Å². The molecule has 1 aliphatic heterocycles. The minimum absolute atomic E-state index is 0.0119. The van der Waals surface area contributed by atoms with E-state index in [1.165, 1.54) is 6.42 Å². The number of hydrogen-bond donors (Lipinski definition) is 2. The van der Waals surface area contributed by atoms with Crippen LogP contribution in [0.5, 0.6) is 0 Å². The van der Waals surface area contributed by atoms with Gasteiger partial charge < -0.3 is 15.4 Å². The van der Waals surface area contributed by atoms with Crippen molar-refractivity contribution in [2.75, 3.05) is 19.7 Å². The van der Waals surface area contributed by atoms with Gasteiger partial charge in [0, 0.05) is 6.54 Å². The molecule has 0 unspecified atom stereocenters. The lowest BCUT2D eigenvalue weighted by atomic mass is 10.0. The number of nitrogens with one attached hydrogen (secondary N) is 2. The topological polar surface area (TPSA) is 50.4 Å². The molecule has 4 heteroatoms. The van der Waals surface area contributed by atoms with Crippen LogP contribution < -0.4 is 10.6 Å². The van der Waals surface area contributed by atoms with E-state index < -0.39 is 0 Å². The summed E-state index contributed by atoms with van der Waals surface area (Å²) in [6, 6.07) is 0.0119. The van der Waals surface area contributed by atoms with Crippen LogP contribution in [0.25, 0.3) is 0 Å². The van der Waals surface area contributed by atoms with E-state index >= 15 is 0 Å². The van der Waals surface area contributed by atoms with Gasteiger partial charge in [0.25, 0.3) is 0 Å². The summed E-state index contributed by atoms with van der Waals surface area (Å²) < 4.78 is 5.34. The van der Waals surface area contributed by atoms with E-state index in [1.54, 1.807) is 0 Å². The Morgan fingerprint density at radius 3 is 2.93 bits per heavy atom. The van der Waals surface area contributed by atoms with Gasteiger partial charge in [-0.05, 0) is 33.2 Å². The summed E-state index contributed by atoms with van der Waals surface area (Å²) in [6.45, 7) is 6.14. The third-order valence-corrected chi connectivity index (χ3v) is 2.48. The smallest absolute Gasteiger partial charge is 0.237 e. The van der Waals surface area contributed by atoms with Crippen LogP contribution >= 0.6 is 0 Å². The second-order valence-electron chi connectivity index (χ2n) is 4.21. The van der Waals surface area contributed by atoms with Crippen LogP contribution in [0.4, 0.5) is 0 Å². The maximum absolute atomic E-state index is 11.6. The van der Waals surface area contributed by atoms with Crippen molar-refractivity contribution in [3.8, 4) is 0 Å². The summed E-state index contributed by atoms with van der Waals surface area (Å²) in [6.07, 6.45) is 3.51. The molecule has 1 saturated heterocycles. The quantitative estimate of drug-likeness (QED) is 0.661. The molecule has 1 aliphatic rings. The Hall–Kier alpha value is -0.610. The van der Waals surface area contributed by atoms with Crippen molar-refractivity contribution in [3.63, 3.8) is 0 Å². The first-order valence-corrected chi connectivity index (χ1v) is 5.83. The molecule has 4 nitrogen and oxygen atoms in total. The Bertz CT molecular complexity index is 189. The molecule has 0 bridgehead atoms. The molecule has 2 N–H and O–H groups in total. The Morgan fingerprint density at radius 1 is 1.53 bits per heavy atom. The predicted molar refractivity (Wildman–Crippen MR) is 59.7 cm³/mol. The average molecular weight is 214 g/mol. The zero-order chi connectivity index (χ0) is 11.1. The summed E-state index contributed by atoms with van der Waals surface area (Å²) in [5.74, 6) is 0.113. The number of ether oxygens (including phenoxy) is 1. The summed E-state index contributed by atoms with van der Waals surface area (Å²) in [5.41, 5.74) is 0. The number of piperidine rings is 1. The van der Waals surface area contributed by atoms with E-state index in [1.807, 2.05) is 13.8 Å². The van der Waals surface area contributed by atoms with E-state index in [0.29, 0.717) is 13.2 Å². The van der Waals surface area contributed by atoms with E-state index in [2.05, 4.69) is 10.6 Å². The van der Waals surface area contributed by atoms with E-state index in [0.717, 1.165) is 19.4 Å². The summed E-state index contributed by atoms with van der Waals surface area (Å²) in [4.78, 5) is 11.6. The molecule has 1 amide bonds. The molecule has 0 spiro atoms. The van der Waals surface area contributed by atoms with Crippen LogP contribution in [0.15, 0.2) is 0 Å². The Morgan fingerprint density at radius 2 is 2.33 bits per heavy atom. The Kier molecular flexibility index (Phi) is 5.65. The van der Waals surface area contributed by atoms with Crippen LogP contribution in [-0.2, 0) is 9.53 Å². The van der Waals surface area contributed by atoms with Crippen molar-refractivity contribution in [2.24, 2.45) is 0 Å². The third kappa shape index (κ3) is 5.14. The van der Waals surface area contributed by atoms with Gasteiger partial charge >= 0.3 is 0 Å². The number of carbonyl (C=O) groups is 1. The van der Waals surface area contributed by atoms with Gasteiger partial charge in [-0.2, -0.15) is 0 Å². The highest BCUT2D eigenvalue weighted by atomic mass is 16.5. The van der Waals surface area contributed by atoms with Gasteiger partial charge in [0.2, 0.25) is 5.91 Å². The molecule has 0 saturated carbocycles. The van der Waals surface area contributed by atoms with Crippen LogP contribution in [0.2, 0.25) is 0 Å². The van der Waals surface area contributed by atoms with Gasteiger partial charge in [0.05, 0.1) is 18.8 Å². The molecule has 1 rings (SSSR count). The molecule has 0 aromatic rings. The fraction of sp³-hybridized carbons (Fsp3) is 0.909. The van der Waals surface area contributed by atoms with Gasteiger partial charge in [-0.3, -0.25) is 4.79 Å². The van der Waals surface area contributed by atoms with Gasteiger partial charge in [-0.1, -0.05) is 6.42 Å². The monoisotopic (exact) mass is 214 g/mol. The van der Waals surface area contributed by atoms with Crippen LogP contribution in [-0.4, -0.2) is 37.7 Å². The largest absolute Gasteiger partial charge is 0.377 e. The van der Waals surface area contributed by atoms with E-state index in [4.69, 9.17) is 4.74 Å². The third-order valence-electron chi connectivity index (χ3n) is 2.48. The molecule has 15 heavy (non-hydrogen) atoms. The maximum Gasteiger partial charge on any atom is 0.237 e. The lowest BCUT2D eigenvalue weighted by molar-refractivity contribution is -0.124. The molecule has 1 heterocycles. The van der Waals surface area contributed by atoms with E-state index in [-0.39, 0.29) is 18.1 Å². The minimum Gasteiger partial charge on any atom is -0.377 e. The first kappa shape index (κ1) is 12.5. The predicted octanol–water partition coefficient (Wildman–Crippen LogP) is 0.670. The molecule has 0 aliphatic carbocycles. The summed E-state index contributed by atoms with van der Waals surface area (Å²) in [5, 5.41) is 6.10. The molecule has 0 radical (unpaired) electrons. The highest BCUT2D eigenvalue weighted by Crippen LogP contribution is 2.06. The van der Waals surface area contributed by atoms with Gasteiger partial charge in [0.1, 0.15) is 0 Å². The van der Waals surface area contributed by atoms with Crippen LogP contribution in [0, 0.1) is 0 Å². The van der Waals surface area contributed by atoms with Crippen molar-refractivity contribution >= 4 is 5.91 Å². The molecule has 0 aromatic heterocycles. The highest BCUT2D eigenvalue weighted by molar-refractivity contribution is 5.81. The lowest BCUT2D eigenvalue weighted by Gasteiger charge is -2.22. The SMILES string of the molecule is CC(C)OCCNC(=O)[C@H]1CCCCN1. The molecular weight excluding hydrogens is 192 g/mol. The second-order valence-corrected chi connectivity index (χ2v) is 4.21. The van der Waals surface area contributed by atoms with Crippen molar-refractivity contribution in [1.82, 2.24) is 10.6 Å². The maximum atomic E-state index is 11.6. The number of carbonyl (C=O) groups excluding carboxylic acids is 1. The summed E-state index contributed by atoms with van der Waals surface area (Å²) >= 11 is 0. The number of amides is 1. The standard InChI is InChI=1S/C11H22N2O2/c1-9(2)15-8-7-13-11(14)10-5-3-4-6-12-10/h9-10,12H,3-8H2,1-2H3,(H,13,14)/t10-/m1/s1. The molecule has 1 fully saturated rings. The first-order valence-electron chi connectivity index (χ1n) is 5.83. The second kappa shape index (κ2) is 6.80. The molecule has 0 aromatic carbocycles. The van der Waals surface area contributed by atoms with Crippen molar-refractivity contribution in [3.05, 3.63) is 0 Å². The average Bonchev–Trinajstić information content (AvgIpc) is 2.25. The number of rotatable bonds is 5.